The van der Waals surface area contributed by atoms with Crippen LogP contribution < -0.4 is 0 Å². The molecule has 0 aromatic rings. The fourth-order valence-corrected chi connectivity index (χ4v) is 4.29. The quantitative estimate of drug-likeness (QED) is 0.836. The molecule has 108 valence electrons. The highest BCUT2D eigenvalue weighted by molar-refractivity contribution is 5.70. The smallest absolute Gasteiger partial charge is 0.410 e. The second kappa shape index (κ2) is 4.11. The van der Waals surface area contributed by atoms with Gasteiger partial charge in [0, 0.05) is 19.2 Å². The lowest BCUT2D eigenvalue weighted by molar-refractivity contribution is -0.0800. The molecule has 2 aliphatic carbocycles. The van der Waals surface area contributed by atoms with E-state index in [0.717, 1.165) is 25.8 Å². The summed E-state index contributed by atoms with van der Waals surface area (Å²) in [5, 5.41) is 9.71. The molecule has 2 saturated carbocycles. The Bertz CT molecular complexity index is 378. The van der Waals surface area contributed by atoms with Crippen LogP contribution in [0.25, 0.3) is 0 Å². The molecular formula is C15H25NO3. The van der Waals surface area contributed by atoms with E-state index in [1.165, 1.54) is 6.42 Å². The third-order valence-corrected chi connectivity index (χ3v) is 5.30. The second-order valence-electron chi connectivity index (χ2n) is 7.60. The van der Waals surface area contributed by atoms with E-state index in [1.807, 2.05) is 25.7 Å². The number of hydrogen-bond donors (Lipinski definition) is 1. The summed E-state index contributed by atoms with van der Waals surface area (Å²) >= 11 is 0. The van der Waals surface area contributed by atoms with E-state index in [0.29, 0.717) is 17.9 Å². The van der Waals surface area contributed by atoms with E-state index in [2.05, 4.69) is 0 Å². The van der Waals surface area contributed by atoms with Crippen molar-refractivity contribution in [2.45, 2.75) is 58.1 Å². The fourth-order valence-electron chi connectivity index (χ4n) is 4.29. The van der Waals surface area contributed by atoms with Gasteiger partial charge in [-0.3, -0.25) is 0 Å². The van der Waals surface area contributed by atoms with Crippen LogP contribution in [0.2, 0.25) is 0 Å². The van der Waals surface area contributed by atoms with Crippen molar-refractivity contribution in [2.24, 2.45) is 17.3 Å². The summed E-state index contributed by atoms with van der Waals surface area (Å²) in [6, 6.07) is 0.312. The van der Waals surface area contributed by atoms with E-state index < -0.39 is 5.60 Å². The average molecular weight is 267 g/mol. The maximum Gasteiger partial charge on any atom is 0.410 e. The molecule has 0 aromatic carbocycles. The molecule has 0 spiro atoms. The van der Waals surface area contributed by atoms with Gasteiger partial charge in [-0.15, -0.1) is 0 Å². The highest BCUT2D eigenvalue weighted by atomic mass is 16.6. The van der Waals surface area contributed by atoms with Crippen LogP contribution >= 0.6 is 0 Å². The molecule has 19 heavy (non-hydrogen) atoms. The largest absolute Gasteiger partial charge is 0.444 e. The highest BCUT2D eigenvalue weighted by Gasteiger charge is 2.63. The molecule has 4 nitrogen and oxygen atoms in total. The number of aliphatic hydroxyl groups excluding tert-OH is 1. The maximum atomic E-state index is 12.2. The Morgan fingerprint density at radius 2 is 2.11 bits per heavy atom. The molecule has 2 bridgehead atoms. The van der Waals surface area contributed by atoms with Gasteiger partial charge in [-0.25, -0.2) is 4.79 Å². The monoisotopic (exact) mass is 267 g/mol. The van der Waals surface area contributed by atoms with E-state index in [9.17, 15) is 9.90 Å². The molecule has 2 heterocycles. The van der Waals surface area contributed by atoms with Gasteiger partial charge in [-0.05, 0) is 57.3 Å². The average Bonchev–Trinajstić information content (AvgIpc) is 2.78. The van der Waals surface area contributed by atoms with Crippen LogP contribution in [0.3, 0.4) is 0 Å². The number of carbonyl (C=O) groups is 1. The second-order valence-corrected chi connectivity index (χ2v) is 7.60. The number of fused-ring (bicyclic) bond motifs is 1. The van der Waals surface area contributed by atoms with Gasteiger partial charge >= 0.3 is 6.09 Å². The zero-order valence-electron chi connectivity index (χ0n) is 12.2. The molecule has 0 aromatic heterocycles. The van der Waals surface area contributed by atoms with Crippen molar-refractivity contribution < 1.29 is 14.6 Å². The summed E-state index contributed by atoms with van der Waals surface area (Å²) in [4.78, 5) is 14.1. The molecular weight excluding hydrogens is 242 g/mol. The Kier molecular flexibility index (Phi) is 2.86. The van der Waals surface area contributed by atoms with Gasteiger partial charge in [0.1, 0.15) is 5.60 Å². The summed E-state index contributed by atoms with van der Waals surface area (Å²) in [5.41, 5.74) is -0.310. The standard InChI is InChI=1S/C15H25NO3/c1-14(2,3)19-13(18)16-8-10-7-11(16)12(10)15(9-17)5-4-6-15/h10-12,17H,4-9H2,1-3H3/t10-,11-,12?/m0/s1. The molecule has 1 amide bonds. The molecule has 1 N–H and O–H groups in total. The fraction of sp³-hybridized carbons (Fsp3) is 0.933. The van der Waals surface area contributed by atoms with Gasteiger partial charge < -0.3 is 14.7 Å². The maximum absolute atomic E-state index is 12.2. The van der Waals surface area contributed by atoms with Gasteiger partial charge in [-0.1, -0.05) is 6.42 Å². The number of aliphatic hydroxyl groups is 1. The van der Waals surface area contributed by atoms with Crippen LogP contribution in [0, 0.1) is 17.3 Å². The first-order valence-corrected chi connectivity index (χ1v) is 7.47. The lowest BCUT2D eigenvalue weighted by Gasteiger charge is -2.54. The van der Waals surface area contributed by atoms with Crippen LogP contribution in [0.15, 0.2) is 0 Å². The topological polar surface area (TPSA) is 49.8 Å². The number of ether oxygens (including phenoxy) is 1. The van der Waals surface area contributed by atoms with Crippen molar-refractivity contribution in [3.63, 3.8) is 0 Å². The summed E-state index contributed by atoms with van der Waals surface area (Å²) < 4.78 is 5.49. The van der Waals surface area contributed by atoms with Gasteiger partial charge in [-0.2, -0.15) is 0 Å². The number of nitrogens with zero attached hydrogens (tertiary/aromatic N) is 1. The van der Waals surface area contributed by atoms with Crippen molar-refractivity contribution in [3.8, 4) is 0 Å². The summed E-state index contributed by atoms with van der Waals surface area (Å²) in [7, 11) is 0. The van der Waals surface area contributed by atoms with Crippen LogP contribution in [0.5, 0.6) is 0 Å². The van der Waals surface area contributed by atoms with Crippen molar-refractivity contribution >= 4 is 6.09 Å². The van der Waals surface area contributed by atoms with Crippen LogP contribution in [0.1, 0.15) is 46.5 Å². The SMILES string of the molecule is CC(C)(C)OC(=O)N1C[C@@H]2C[C@H]1C2C1(CO)CCC1. The lowest BCUT2D eigenvalue weighted by Crippen LogP contribution is -2.55. The van der Waals surface area contributed by atoms with Gasteiger partial charge in [0.05, 0.1) is 0 Å². The van der Waals surface area contributed by atoms with Gasteiger partial charge in [0.25, 0.3) is 0 Å². The molecule has 2 aliphatic heterocycles. The lowest BCUT2D eigenvalue weighted by atomic mass is 9.51. The Morgan fingerprint density at radius 1 is 1.42 bits per heavy atom. The molecule has 4 aliphatic rings. The Morgan fingerprint density at radius 3 is 2.58 bits per heavy atom. The molecule has 2 saturated heterocycles. The molecule has 3 atom stereocenters. The normalized spacial score (nSPS) is 35.6. The van der Waals surface area contributed by atoms with Crippen LogP contribution in [0.4, 0.5) is 4.79 Å². The van der Waals surface area contributed by atoms with Gasteiger partial charge in [0.2, 0.25) is 0 Å². The summed E-state index contributed by atoms with van der Waals surface area (Å²) in [5.74, 6) is 1.10. The Labute approximate surface area is 115 Å². The minimum absolute atomic E-state index is 0.115. The Hall–Kier alpha value is -0.770. The zero-order chi connectivity index (χ0) is 13.8. The third kappa shape index (κ3) is 1.95. The molecule has 4 fully saturated rings. The summed E-state index contributed by atoms with van der Waals surface area (Å²) in [6.45, 7) is 6.83. The molecule has 4 rings (SSSR count). The van der Waals surface area contributed by atoms with Crippen molar-refractivity contribution in [1.29, 1.82) is 0 Å². The minimum atomic E-state index is -0.426. The van der Waals surface area contributed by atoms with Crippen molar-refractivity contribution in [2.75, 3.05) is 13.2 Å². The van der Waals surface area contributed by atoms with E-state index >= 15 is 0 Å². The Balaban J connectivity index is 1.68. The van der Waals surface area contributed by atoms with Crippen molar-refractivity contribution in [3.05, 3.63) is 0 Å². The van der Waals surface area contributed by atoms with E-state index in [4.69, 9.17) is 4.74 Å². The number of carbonyl (C=O) groups excluding carboxylic acids is 1. The number of rotatable bonds is 2. The predicted molar refractivity (Wildman–Crippen MR) is 71.7 cm³/mol. The molecule has 4 heteroatoms. The van der Waals surface area contributed by atoms with Crippen LogP contribution in [-0.4, -0.2) is 40.9 Å². The molecule has 1 unspecified atom stereocenters. The van der Waals surface area contributed by atoms with E-state index in [1.54, 1.807) is 0 Å². The summed E-state index contributed by atoms with van der Waals surface area (Å²) in [6.07, 6.45) is 4.41. The number of amides is 1. The molecule has 0 radical (unpaired) electrons. The first-order chi connectivity index (χ1) is 8.86. The van der Waals surface area contributed by atoms with Crippen molar-refractivity contribution in [1.82, 2.24) is 4.90 Å². The first-order valence-electron chi connectivity index (χ1n) is 7.47. The third-order valence-electron chi connectivity index (χ3n) is 5.30. The van der Waals surface area contributed by atoms with Crippen LogP contribution in [-0.2, 0) is 4.74 Å². The van der Waals surface area contributed by atoms with E-state index in [-0.39, 0.29) is 18.1 Å². The number of hydrogen-bond acceptors (Lipinski definition) is 3. The zero-order valence-corrected chi connectivity index (χ0v) is 12.2. The highest BCUT2D eigenvalue weighted by Crippen LogP contribution is 2.61. The minimum Gasteiger partial charge on any atom is -0.444 e. The van der Waals surface area contributed by atoms with Gasteiger partial charge in [0.15, 0.2) is 0 Å². The predicted octanol–water partition coefficient (Wildman–Crippen LogP) is 2.40. The first kappa shape index (κ1) is 13.2.